The number of aryl methyl sites for hydroxylation is 1. The number of fused-ring (bicyclic) bond motifs is 2. The summed E-state index contributed by atoms with van der Waals surface area (Å²) in [5, 5.41) is 0. The number of hydrogen-bond donors (Lipinski definition) is 0. The third kappa shape index (κ3) is 5.04. The maximum absolute atomic E-state index is 14.4. The molecule has 1 aliphatic carbocycles. The Bertz CT molecular complexity index is 1380. The number of hydrogen-bond acceptors (Lipinski definition) is 5. The van der Waals surface area contributed by atoms with E-state index in [4.69, 9.17) is 14.7 Å². The van der Waals surface area contributed by atoms with Gasteiger partial charge < -0.3 is 0 Å². The third-order valence-electron chi connectivity index (χ3n) is 8.56. The summed E-state index contributed by atoms with van der Waals surface area (Å²) in [6.45, 7) is 1.79. The first-order valence-electron chi connectivity index (χ1n) is 13.8. The SMILES string of the molecule is CN1CCCc2ccc([N+]3(c4ncccc4C(F)(F)F)CCc4nc(OC5CCCC5)nc([AsH2])c4CC3)cc21. The second kappa shape index (κ2) is 10.4. The molecule has 1 aromatic carbocycles. The van der Waals surface area contributed by atoms with E-state index in [-0.39, 0.29) is 16.4 Å². The monoisotopic (exact) mass is 600 g/mol. The number of rotatable bonds is 4. The molecular formula is C29H34AsF3N5O+. The molecule has 1 saturated carbocycles. The predicted molar refractivity (Wildman–Crippen MR) is 149 cm³/mol. The van der Waals surface area contributed by atoms with E-state index in [1.165, 1.54) is 34.7 Å². The van der Waals surface area contributed by atoms with Crippen LogP contribution in [0.25, 0.3) is 0 Å². The Morgan fingerprint density at radius 2 is 1.82 bits per heavy atom. The van der Waals surface area contributed by atoms with Crippen molar-refractivity contribution in [1.82, 2.24) is 19.4 Å². The molecule has 2 unspecified atom stereocenters. The average molecular weight is 601 g/mol. The standard InChI is InChI=1S/C29H34AsF3N5O/c1-37-15-5-6-19-10-11-20(18-25(19)37)38(27-23(29(31,32)33)9-4-14-34-27)16-12-22-24(13-17-38)35-28(36-26(22)30)39-21-7-2-3-8-21/h4,9-11,14,18,21H,2-3,5-8,12-13,15-17,30H2,1H3/q+1. The summed E-state index contributed by atoms with van der Waals surface area (Å²) in [6, 6.07) is 9.14. The first kappa shape index (κ1) is 26.6. The van der Waals surface area contributed by atoms with Gasteiger partial charge in [-0.1, -0.05) is 0 Å². The summed E-state index contributed by atoms with van der Waals surface area (Å²) >= 11 is 1.40. The van der Waals surface area contributed by atoms with Gasteiger partial charge in [-0.15, -0.1) is 0 Å². The van der Waals surface area contributed by atoms with E-state index < -0.39 is 11.7 Å². The Hall–Kier alpha value is -2.64. The van der Waals surface area contributed by atoms with Crippen LogP contribution in [0.2, 0.25) is 0 Å². The molecule has 2 atom stereocenters. The van der Waals surface area contributed by atoms with Crippen molar-refractivity contribution in [3.05, 3.63) is 58.9 Å². The van der Waals surface area contributed by atoms with Gasteiger partial charge >= 0.3 is 236 Å². The molecular weight excluding hydrogens is 566 g/mol. The molecule has 0 radical (unpaired) electrons. The van der Waals surface area contributed by atoms with Crippen molar-refractivity contribution in [3.63, 3.8) is 0 Å². The number of benzene rings is 1. The minimum atomic E-state index is -4.51. The molecule has 6 rings (SSSR count). The fourth-order valence-corrected chi connectivity index (χ4v) is 7.37. The van der Waals surface area contributed by atoms with Crippen LogP contribution in [0.5, 0.6) is 6.01 Å². The molecule has 0 N–H and O–H groups in total. The van der Waals surface area contributed by atoms with Gasteiger partial charge in [0.05, 0.1) is 0 Å². The number of anilines is 1. The average Bonchev–Trinajstić information content (AvgIpc) is 3.34. The number of pyridine rings is 1. The molecule has 1 fully saturated rings. The molecule has 39 heavy (non-hydrogen) atoms. The van der Waals surface area contributed by atoms with E-state index >= 15 is 0 Å². The second-order valence-electron chi connectivity index (χ2n) is 11.0. The van der Waals surface area contributed by atoms with Gasteiger partial charge in [0.2, 0.25) is 0 Å². The third-order valence-corrected chi connectivity index (χ3v) is 9.57. The Morgan fingerprint density at radius 3 is 2.62 bits per heavy atom. The van der Waals surface area contributed by atoms with Gasteiger partial charge in [0.15, 0.2) is 0 Å². The van der Waals surface area contributed by atoms with Crippen molar-refractivity contribution in [1.29, 1.82) is 0 Å². The van der Waals surface area contributed by atoms with Crippen molar-refractivity contribution >= 4 is 38.5 Å². The van der Waals surface area contributed by atoms with Gasteiger partial charge in [-0.05, 0) is 0 Å². The second-order valence-corrected chi connectivity index (χ2v) is 12.1. The number of alkyl halides is 3. The molecule has 3 aromatic rings. The predicted octanol–water partition coefficient (Wildman–Crippen LogP) is 4.29. The molecule has 0 amide bonds. The quantitative estimate of drug-likeness (QED) is 0.331. The summed E-state index contributed by atoms with van der Waals surface area (Å²) in [7, 11) is 2.05. The topological polar surface area (TPSA) is 51.1 Å². The van der Waals surface area contributed by atoms with Crippen molar-refractivity contribution < 1.29 is 17.9 Å². The zero-order valence-corrected chi connectivity index (χ0v) is 24.6. The Kier molecular flexibility index (Phi) is 7.09. The van der Waals surface area contributed by atoms with Crippen LogP contribution >= 0.6 is 0 Å². The van der Waals surface area contributed by atoms with Crippen LogP contribution in [0.4, 0.5) is 30.4 Å². The van der Waals surface area contributed by atoms with Gasteiger partial charge in [-0.25, -0.2) is 0 Å². The summed E-state index contributed by atoms with van der Waals surface area (Å²) < 4.78 is 50.3. The summed E-state index contributed by atoms with van der Waals surface area (Å²) in [4.78, 5) is 16.2. The van der Waals surface area contributed by atoms with E-state index in [2.05, 4.69) is 29.1 Å². The molecule has 206 valence electrons. The Morgan fingerprint density at radius 1 is 1.03 bits per heavy atom. The number of ether oxygens (including phenoxy) is 1. The van der Waals surface area contributed by atoms with Crippen molar-refractivity contribution in [3.8, 4) is 6.01 Å². The van der Waals surface area contributed by atoms with Gasteiger partial charge in [0.25, 0.3) is 0 Å². The van der Waals surface area contributed by atoms with Crippen LogP contribution in [0.15, 0.2) is 36.5 Å². The number of halogens is 3. The Balaban J connectivity index is 1.45. The van der Waals surface area contributed by atoms with Crippen molar-refractivity contribution in [2.45, 2.75) is 63.6 Å². The fraction of sp³-hybridized carbons (Fsp3) is 0.483. The Labute approximate surface area is 235 Å². The minimum absolute atomic E-state index is 0.0123. The molecule has 2 aromatic heterocycles. The van der Waals surface area contributed by atoms with Crippen LogP contribution in [0, 0.1) is 0 Å². The van der Waals surface area contributed by atoms with Crippen LogP contribution in [-0.4, -0.2) is 64.6 Å². The molecule has 4 heterocycles. The molecule has 10 heteroatoms. The van der Waals surface area contributed by atoms with E-state index in [0.29, 0.717) is 31.9 Å². The molecule has 2 aliphatic heterocycles. The zero-order chi connectivity index (χ0) is 27.2. The van der Waals surface area contributed by atoms with E-state index in [9.17, 15) is 13.2 Å². The van der Waals surface area contributed by atoms with E-state index in [1.807, 2.05) is 6.07 Å². The summed E-state index contributed by atoms with van der Waals surface area (Å²) in [5.41, 5.74) is 4.40. The number of nitrogens with zero attached hydrogens (tertiary/aromatic N) is 5. The molecule has 6 nitrogen and oxygen atoms in total. The van der Waals surface area contributed by atoms with Crippen molar-refractivity contribution in [2.24, 2.45) is 0 Å². The van der Waals surface area contributed by atoms with Gasteiger partial charge in [-0.2, -0.15) is 0 Å². The molecule has 3 aliphatic rings. The van der Waals surface area contributed by atoms with Crippen molar-refractivity contribution in [2.75, 3.05) is 31.6 Å². The number of aromatic nitrogens is 3. The van der Waals surface area contributed by atoms with Crippen LogP contribution in [0.3, 0.4) is 0 Å². The first-order chi connectivity index (χ1) is 18.7. The molecule has 0 saturated heterocycles. The normalized spacial score (nSPS) is 21.8. The van der Waals surface area contributed by atoms with Crippen LogP contribution < -0.4 is 18.6 Å². The first-order valence-corrected chi connectivity index (χ1v) is 15.0. The van der Waals surface area contributed by atoms with Gasteiger partial charge in [-0.3, -0.25) is 0 Å². The molecule has 0 bridgehead atoms. The fourth-order valence-electron chi connectivity index (χ4n) is 6.49. The van der Waals surface area contributed by atoms with Crippen LogP contribution in [0.1, 0.15) is 54.5 Å². The number of quaternary nitrogens is 1. The zero-order valence-electron chi connectivity index (χ0n) is 22.2. The van der Waals surface area contributed by atoms with E-state index in [0.717, 1.165) is 78.2 Å². The molecule has 0 spiro atoms. The summed E-state index contributed by atoms with van der Waals surface area (Å²) in [5.74, 6) is 0.0507. The van der Waals surface area contributed by atoms with Gasteiger partial charge in [0, 0.05) is 0 Å². The maximum atomic E-state index is 14.4. The van der Waals surface area contributed by atoms with Gasteiger partial charge in [0.1, 0.15) is 0 Å². The van der Waals surface area contributed by atoms with Crippen LogP contribution in [-0.2, 0) is 25.4 Å². The summed E-state index contributed by atoms with van der Waals surface area (Å²) in [6.07, 6.45) is 4.56. The van der Waals surface area contributed by atoms with E-state index in [1.54, 1.807) is 0 Å².